The van der Waals surface area contributed by atoms with Crippen molar-refractivity contribution in [1.29, 1.82) is 0 Å². The molecule has 6 aromatic carbocycles. The van der Waals surface area contributed by atoms with Gasteiger partial charge in [0, 0.05) is 27.1 Å². The predicted molar refractivity (Wildman–Crippen MR) is 185 cm³/mol. The second kappa shape index (κ2) is 12.1. The highest BCUT2D eigenvalue weighted by Crippen LogP contribution is 2.44. The number of azo groups is 2. The molecule has 0 fully saturated rings. The fraction of sp³-hybridized carbons (Fsp3) is 0.0294. The molecule has 16 heteroatoms. The molecule has 0 bridgehead atoms. The quantitative estimate of drug-likeness (QED) is 0.0787. The molecule has 0 atom stereocenters. The van der Waals surface area contributed by atoms with Crippen LogP contribution in [0.2, 0.25) is 0 Å². The van der Waals surface area contributed by atoms with Crippen molar-refractivity contribution in [3.8, 4) is 22.9 Å². The van der Waals surface area contributed by atoms with Gasteiger partial charge in [-0.1, -0.05) is 54.6 Å². The maximum Gasteiger partial charge on any atom is 0.296 e. The lowest BCUT2D eigenvalue weighted by Crippen LogP contribution is -1.99. The van der Waals surface area contributed by atoms with E-state index in [1.807, 2.05) is 0 Å². The number of phenolic OH excluding ortho intramolecular Hbond substituents is 2. The number of hydrogen-bond donors (Lipinski definition) is 5. The predicted octanol–water partition coefficient (Wildman–Crippen LogP) is 8.58. The molecule has 0 radical (unpaired) electrons. The maximum atomic E-state index is 12.5. The Morgan fingerprint density at radius 1 is 0.620 bits per heavy atom. The van der Waals surface area contributed by atoms with Crippen LogP contribution in [0.4, 0.5) is 22.7 Å². The van der Waals surface area contributed by atoms with Crippen LogP contribution in [-0.4, -0.2) is 46.1 Å². The minimum atomic E-state index is -4.87. The lowest BCUT2D eigenvalue weighted by Gasteiger charge is -2.09. The SMILES string of the molecule is Cc1ccccc1N=Nc1c(S(=O)(=O)O)cc2c(ccc3nc(-c4cccc(N=Nc5cc(S(=O)(=O)O)c6ccccc6c5O)c4)[nH]c32)c1O. The minimum absolute atomic E-state index is 0.116. The van der Waals surface area contributed by atoms with Crippen molar-refractivity contribution in [2.45, 2.75) is 16.7 Å². The van der Waals surface area contributed by atoms with Gasteiger partial charge >= 0.3 is 0 Å². The number of phenols is 2. The Kier molecular flexibility index (Phi) is 7.87. The van der Waals surface area contributed by atoms with Gasteiger partial charge in [-0.2, -0.15) is 27.1 Å². The molecule has 1 heterocycles. The van der Waals surface area contributed by atoms with Gasteiger partial charge in [-0.05, 0) is 55.0 Å². The summed E-state index contributed by atoms with van der Waals surface area (Å²) < 4.78 is 69.0. The van der Waals surface area contributed by atoms with Gasteiger partial charge in [0.25, 0.3) is 20.2 Å². The van der Waals surface area contributed by atoms with Crippen LogP contribution < -0.4 is 0 Å². The van der Waals surface area contributed by atoms with Gasteiger partial charge in [0.15, 0.2) is 11.5 Å². The molecule has 0 saturated carbocycles. The van der Waals surface area contributed by atoms with Gasteiger partial charge < -0.3 is 15.2 Å². The van der Waals surface area contributed by atoms with E-state index in [0.29, 0.717) is 33.8 Å². The first kappa shape index (κ1) is 32.5. The fourth-order valence-corrected chi connectivity index (χ4v) is 6.90. The Hall–Kier alpha value is -6.07. The number of imidazole rings is 1. The monoisotopic (exact) mass is 708 g/mol. The summed E-state index contributed by atoms with van der Waals surface area (Å²) in [5.74, 6) is -0.505. The molecule has 1 aromatic heterocycles. The number of nitrogens with one attached hydrogen (secondary N) is 1. The summed E-state index contributed by atoms with van der Waals surface area (Å²) in [5.41, 5.74) is 2.17. The number of aromatic nitrogens is 2. The zero-order chi connectivity index (χ0) is 35.4. The molecule has 50 heavy (non-hydrogen) atoms. The van der Waals surface area contributed by atoms with Gasteiger partial charge in [0.1, 0.15) is 27.0 Å². The molecule has 250 valence electrons. The smallest absolute Gasteiger partial charge is 0.296 e. The number of aryl methyl sites for hydroxylation is 1. The molecule has 0 aliphatic heterocycles. The molecule has 5 N–H and O–H groups in total. The van der Waals surface area contributed by atoms with E-state index >= 15 is 0 Å². The first-order chi connectivity index (χ1) is 23.8. The van der Waals surface area contributed by atoms with E-state index in [-0.39, 0.29) is 33.0 Å². The lowest BCUT2D eigenvalue weighted by molar-refractivity contribution is 0.472. The van der Waals surface area contributed by atoms with E-state index < -0.39 is 41.5 Å². The van der Waals surface area contributed by atoms with Crippen molar-refractivity contribution >= 4 is 75.6 Å². The number of benzene rings is 6. The molecule has 7 rings (SSSR count). The molecule has 0 saturated heterocycles. The van der Waals surface area contributed by atoms with Crippen LogP contribution in [0, 0.1) is 6.92 Å². The van der Waals surface area contributed by atoms with Gasteiger partial charge in [-0.25, -0.2) is 4.98 Å². The number of hydrogen-bond acceptors (Lipinski definition) is 11. The maximum absolute atomic E-state index is 12.5. The summed E-state index contributed by atoms with van der Waals surface area (Å²) in [7, 11) is -9.53. The molecule has 0 amide bonds. The molecule has 0 aliphatic rings. The van der Waals surface area contributed by atoms with Crippen molar-refractivity contribution < 1.29 is 36.2 Å². The lowest BCUT2D eigenvalue weighted by atomic mass is 10.1. The number of rotatable bonds is 7. The van der Waals surface area contributed by atoms with Crippen LogP contribution in [0.15, 0.2) is 127 Å². The summed E-state index contributed by atoms with van der Waals surface area (Å²) in [6, 6.07) is 25.0. The van der Waals surface area contributed by atoms with Gasteiger partial charge in [-0.15, -0.1) is 10.2 Å². The Morgan fingerprint density at radius 2 is 1.30 bits per heavy atom. The average molecular weight is 709 g/mol. The van der Waals surface area contributed by atoms with E-state index in [1.165, 1.54) is 18.2 Å². The highest BCUT2D eigenvalue weighted by atomic mass is 32.2. The van der Waals surface area contributed by atoms with Crippen LogP contribution in [0.25, 0.3) is 44.0 Å². The topological polar surface area (TPSA) is 227 Å². The Bertz CT molecular complexity index is 2820. The van der Waals surface area contributed by atoms with Crippen molar-refractivity contribution in [1.82, 2.24) is 9.97 Å². The molecule has 0 aliphatic carbocycles. The standard InChI is InChI=1S/C34H24N6O8S2/c1-18-7-2-5-12-25(18)38-40-31-29(50(46,47)48)16-24-23(33(31)42)13-14-26-30(24)36-34(35-26)19-8-6-9-20(15-19)37-39-27-17-28(49(43,44)45)21-10-3-4-11-22(21)32(27)41/h2-17,41-42H,1H3,(H,35,36)(H,43,44,45)(H,46,47,48). The van der Waals surface area contributed by atoms with Crippen molar-refractivity contribution in [2.24, 2.45) is 20.5 Å². The third kappa shape index (κ3) is 5.92. The number of nitrogens with zero attached hydrogens (tertiary/aromatic N) is 5. The van der Waals surface area contributed by atoms with Crippen LogP contribution >= 0.6 is 0 Å². The number of aromatic hydroxyl groups is 2. The van der Waals surface area contributed by atoms with E-state index in [0.717, 1.165) is 11.6 Å². The highest BCUT2D eigenvalue weighted by Gasteiger charge is 2.24. The molecule has 14 nitrogen and oxygen atoms in total. The summed E-state index contributed by atoms with van der Waals surface area (Å²) >= 11 is 0. The average Bonchev–Trinajstić information content (AvgIpc) is 3.53. The first-order valence-corrected chi connectivity index (χ1v) is 17.6. The van der Waals surface area contributed by atoms with Crippen LogP contribution in [0.5, 0.6) is 11.5 Å². The molecule has 7 aromatic rings. The number of H-pyrrole nitrogens is 1. The Morgan fingerprint density at radius 3 is 2.04 bits per heavy atom. The van der Waals surface area contributed by atoms with Crippen LogP contribution in [0.1, 0.15) is 5.56 Å². The third-order valence-electron chi connectivity index (χ3n) is 7.97. The van der Waals surface area contributed by atoms with E-state index in [1.54, 1.807) is 79.7 Å². The highest BCUT2D eigenvalue weighted by molar-refractivity contribution is 7.86. The summed E-state index contributed by atoms with van der Waals surface area (Å²) in [4.78, 5) is 6.66. The van der Waals surface area contributed by atoms with Gasteiger partial charge in [0.2, 0.25) is 0 Å². The number of fused-ring (bicyclic) bond motifs is 4. The minimum Gasteiger partial charge on any atom is -0.505 e. The number of aromatic amines is 1. The van der Waals surface area contributed by atoms with Crippen molar-refractivity contribution in [3.05, 3.63) is 103 Å². The van der Waals surface area contributed by atoms with Crippen molar-refractivity contribution in [2.75, 3.05) is 0 Å². The molecule has 0 unspecified atom stereocenters. The zero-order valence-corrected chi connectivity index (χ0v) is 27.3. The second-order valence-corrected chi connectivity index (χ2v) is 14.0. The second-order valence-electron chi connectivity index (χ2n) is 11.2. The van der Waals surface area contributed by atoms with E-state index in [9.17, 15) is 36.2 Å². The van der Waals surface area contributed by atoms with Gasteiger partial charge in [0.05, 0.1) is 22.4 Å². The van der Waals surface area contributed by atoms with Crippen molar-refractivity contribution in [3.63, 3.8) is 0 Å². The summed E-state index contributed by atoms with van der Waals surface area (Å²) in [6.07, 6.45) is 0. The van der Waals surface area contributed by atoms with Crippen LogP contribution in [-0.2, 0) is 20.2 Å². The first-order valence-electron chi connectivity index (χ1n) is 14.7. The fourth-order valence-electron chi connectivity index (χ4n) is 5.54. The largest absolute Gasteiger partial charge is 0.505 e. The molecule has 0 spiro atoms. The van der Waals surface area contributed by atoms with Crippen LogP contribution in [0.3, 0.4) is 0 Å². The van der Waals surface area contributed by atoms with Gasteiger partial charge in [-0.3, -0.25) is 9.11 Å². The third-order valence-corrected chi connectivity index (χ3v) is 9.73. The van der Waals surface area contributed by atoms with E-state index in [4.69, 9.17) is 0 Å². The van der Waals surface area contributed by atoms with E-state index in [2.05, 4.69) is 30.4 Å². The molecular formula is C34H24N6O8S2. The normalized spacial score (nSPS) is 12.6. The summed E-state index contributed by atoms with van der Waals surface area (Å²) in [5, 5.41) is 39.0. The Balaban J connectivity index is 1.29. The molecular weight excluding hydrogens is 685 g/mol. The zero-order valence-electron chi connectivity index (χ0n) is 25.7. The summed E-state index contributed by atoms with van der Waals surface area (Å²) in [6.45, 7) is 1.79. The Labute approximate surface area is 283 Å².